The Morgan fingerprint density at radius 2 is 2.38 bits per heavy atom. The molecule has 0 aliphatic heterocycles. The summed E-state index contributed by atoms with van der Waals surface area (Å²) >= 11 is 0. The minimum atomic E-state index is -0.364. The summed E-state index contributed by atoms with van der Waals surface area (Å²) in [5.74, 6) is 5.89. The average molecular weight is 227 g/mol. The van der Waals surface area contributed by atoms with E-state index in [0.717, 1.165) is 0 Å². The van der Waals surface area contributed by atoms with Crippen LogP contribution in [0.2, 0.25) is 0 Å². The highest BCUT2D eigenvalue weighted by atomic mass is 16.3. The second-order valence-corrected chi connectivity index (χ2v) is 3.62. The highest BCUT2D eigenvalue weighted by Crippen LogP contribution is 2.15. The van der Waals surface area contributed by atoms with Crippen LogP contribution < -0.4 is 11.3 Å². The van der Waals surface area contributed by atoms with Gasteiger partial charge in [0, 0.05) is 6.54 Å². The zero-order valence-electron chi connectivity index (χ0n) is 9.49. The number of carbonyl (C=O) groups is 1. The molecule has 6 heteroatoms. The molecule has 0 unspecified atom stereocenters. The Morgan fingerprint density at radius 1 is 1.69 bits per heavy atom. The summed E-state index contributed by atoms with van der Waals surface area (Å²) in [7, 11) is 1.86. The summed E-state index contributed by atoms with van der Waals surface area (Å²) in [4.78, 5) is 13.2. The van der Waals surface area contributed by atoms with E-state index in [2.05, 4.69) is 5.43 Å². The van der Waals surface area contributed by atoms with E-state index in [0.29, 0.717) is 30.2 Å². The lowest BCUT2D eigenvalue weighted by Gasteiger charge is -2.12. The van der Waals surface area contributed by atoms with Crippen LogP contribution in [0.1, 0.15) is 21.9 Å². The molecule has 0 aromatic carbocycles. The number of carbonyl (C=O) groups excluding carboxylic acids is 1. The van der Waals surface area contributed by atoms with Gasteiger partial charge in [-0.25, -0.2) is 5.84 Å². The van der Waals surface area contributed by atoms with E-state index in [1.54, 1.807) is 13.0 Å². The fourth-order valence-corrected chi connectivity index (χ4v) is 1.44. The summed E-state index contributed by atoms with van der Waals surface area (Å²) in [6, 6.07) is 1.66. The van der Waals surface area contributed by atoms with Crippen molar-refractivity contribution in [2.45, 2.75) is 13.5 Å². The van der Waals surface area contributed by atoms with E-state index in [1.165, 1.54) is 0 Å². The second-order valence-electron chi connectivity index (χ2n) is 3.62. The number of likely N-dealkylation sites (N-methyl/N-ethyl adjacent to an activating group) is 1. The third-order valence-corrected chi connectivity index (χ3v) is 2.25. The minimum absolute atomic E-state index is 0.0896. The molecule has 0 bridgehead atoms. The summed E-state index contributed by atoms with van der Waals surface area (Å²) in [6.45, 7) is 2.89. The normalized spacial score (nSPS) is 10.8. The Balaban J connectivity index is 2.73. The van der Waals surface area contributed by atoms with Crippen molar-refractivity contribution in [2.24, 2.45) is 5.84 Å². The first-order valence-electron chi connectivity index (χ1n) is 4.98. The fraction of sp³-hybridized carbons (Fsp3) is 0.500. The van der Waals surface area contributed by atoms with Gasteiger partial charge in [-0.15, -0.1) is 0 Å². The molecule has 1 aromatic heterocycles. The lowest BCUT2D eigenvalue weighted by molar-refractivity contribution is 0.0952. The molecule has 0 aliphatic carbocycles. The molecule has 4 N–H and O–H groups in total. The second kappa shape index (κ2) is 5.64. The molecule has 1 rings (SSSR count). The van der Waals surface area contributed by atoms with Gasteiger partial charge < -0.3 is 9.52 Å². The molecule has 1 heterocycles. The molecule has 0 saturated heterocycles. The van der Waals surface area contributed by atoms with Gasteiger partial charge >= 0.3 is 0 Å². The molecular formula is C10H17N3O3. The number of nitrogens with two attached hydrogens (primary N) is 1. The van der Waals surface area contributed by atoms with E-state index in [1.807, 2.05) is 11.9 Å². The van der Waals surface area contributed by atoms with Gasteiger partial charge in [0.1, 0.15) is 11.5 Å². The quantitative estimate of drug-likeness (QED) is 0.362. The first-order chi connectivity index (χ1) is 7.58. The first-order valence-corrected chi connectivity index (χ1v) is 4.98. The Hall–Kier alpha value is -1.37. The van der Waals surface area contributed by atoms with Crippen molar-refractivity contribution in [1.82, 2.24) is 10.3 Å². The number of aliphatic hydroxyl groups is 1. The highest BCUT2D eigenvalue weighted by Gasteiger charge is 2.14. The molecule has 90 valence electrons. The van der Waals surface area contributed by atoms with Crippen molar-refractivity contribution in [2.75, 3.05) is 20.2 Å². The number of hydrazine groups is 1. The lowest BCUT2D eigenvalue weighted by atomic mass is 10.2. The number of aryl methyl sites for hydroxylation is 1. The maximum absolute atomic E-state index is 11.3. The topological polar surface area (TPSA) is 91.7 Å². The van der Waals surface area contributed by atoms with Gasteiger partial charge in [-0.05, 0) is 20.0 Å². The van der Waals surface area contributed by atoms with Crippen molar-refractivity contribution in [1.29, 1.82) is 0 Å². The number of hydrogen-bond donors (Lipinski definition) is 3. The van der Waals surface area contributed by atoms with Crippen LogP contribution in [0.5, 0.6) is 0 Å². The fourth-order valence-electron chi connectivity index (χ4n) is 1.44. The molecule has 0 fully saturated rings. The van der Waals surface area contributed by atoms with E-state index in [-0.39, 0.29) is 12.5 Å². The average Bonchev–Trinajstić information content (AvgIpc) is 2.58. The lowest BCUT2D eigenvalue weighted by Crippen LogP contribution is -2.30. The Kier molecular flexibility index (Phi) is 4.48. The first kappa shape index (κ1) is 12.7. The molecule has 0 atom stereocenters. The molecule has 16 heavy (non-hydrogen) atoms. The number of amides is 1. The summed E-state index contributed by atoms with van der Waals surface area (Å²) in [6.07, 6.45) is 0. The number of rotatable bonds is 5. The highest BCUT2D eigenvalue weighted by molar-refractivity contribution is 5.94. The molecular weight excluding hydrogens is 210 g/mol. The largest absolute Gasteiger partial charge is 0.464 e. The zero-order valence-corrected chi connectivity index (χ0v) is 9.49. The van der Waals surface area contributed by atoms with Crippen LogP contribution in [0, 0.1) is 6.92 Å². The van der Waals surface area contributed by atoms with Crippen LogP contribution in [0.25, 0.3) is 0 Å². The van der Waals surface area contributed by atoms with Gasteiger partial charge in [-0.3, -0.25) is 15.1 Å². The van der Waals surface area contributed by atoms with E-state index >= 15 is 0 Å². The van der Waals surface area contributed by atoms with Crippen LogP contribution >= 0.6 is 0 Å². The summed E-state index contributed by atoms with van der Waals surface area (Å²) in [5, 5.41) is 8.75. The molecule has 0 radical (unpaired) electrons. The van der Waals surface area contributed by atoms with Crippen LogP contribution in [-0.4, -0.2) is 36.1 Å². The van der Waals surface area contributed by atoms with Crippen molar-refractivity contribution in [3.05, 3.63) is 23.2 Å². The van der Waals surface area contributed by atoms with Gasteiger partial charge in [0.05, 0.1) is 18.7 Å². The SMILES string of the molecule is Cc1oc(CN(C)CCO)cc1C(=O)NN. The number of nitrogens with one attached hydrogen (secondary N) is 1. The van der Waals surface area contributed by atoms with Gasteiger partial charge in [0.15, 0.2) is 0 Å². The maximum atomic E-state index is 11.3. The van der Waals surface area contributed by atoms with Crippen molar-refractivity contribution < 1.29 is 14.3 Å². The van der Waals surface area contributed by atoms with Crippen molar-refractivity contribution in [3.63, 3.8) is 0 Å². The smallest absolute Gasteiger partial charge is 0.268 e. The monoisotopic (exact) mass is 227 g/mol. The van der Waals surface area contributed by atoms with E-state index in [4.69, 9.17) is 15.4 Å². The van der Waals surface area contributed by atoms with Crippen molar-refractivity contribution in [3.8, 4) is 0 Å². The number of nitrogens with zero attached hydrogens (tertiary/aromatic N) is 1. The predicted octanol–water partition coefficient (Wildman–Crippen LogP) is -0.384. The third-order valence-electron chi connectivity index (χ3n) is 2.25. The Labute approximate surface area is 94.0 Å². The summed E-state index contributed by atoms with van der Waals surface area (Å²) in [5.41, 5.74) is 2.50. The minimum Gasteiger partial charge on any atom is -0.464 e. The third kappa shape index (κ3) is 3.06. The molecule has 0 saturated carbocycles. The van der Waals surface area contributed by atoms with E-state index in [9.17, 15) is 4.79 Å². The number of aliphatic hydroxyl groups excluding tert-OH is 1. The van der Waals surface area contributed by atoms with Crippen LogP contribution in [0.4, 0.5) is 0 Å². The maximum Gasteiger partial charge on any atom is 0.268 e. The van der Waals surface area contributed by atoms with E-state index < -0.39 is 0 Å². The molecule has 1 aromatic rings. The van der Waals surface area contributed by atoms with Gasteiger partial charge in [0.25, 0.3) is 5.91 Å². The number of furan rings is 1. The van der Waals surface area contributed by atoms with Crippen LogP contribution in [0.15, 0.2) is 10.5 Å². The Bertz CT molecular complexity index is 362. The number of hydrogen-bond acceptors (Lipinski definition) is 5. The molecule has 6 nitrogen and oxygen atoms in total. The van der Waals surface area contributed by atoms with Gasteiger partial charge in [0.2, 0.25) is 0 Å². The standard InChI is InChI=1S/C10H17N3O3/c1-7-9(10(15)12-11)5-8(16-7)6-13(2)3-4-14/h5,14H,3-4,6,11H2,1-2H3,(H,12,15). The van der Waals surface area contributed by atoms with Gasteiger partial charge in [-0.2, -0.15) is 0 Å². The van der Waals surface area contributed by atoms with Gasteiger partial charge in [-0.1, -0.05) is 0 Å². The molecule has 0 spiro atoms. The van der Waals surface area contributed by atoms with Crippen LogP contribution in [0.3, 0.4) is 0 Å². The number of nitrogen functional groups attached to an aromatic ring is 1. The predicted molar refractivity (Wildman–Crippen MR) is 58.5 cm³/mol. The van der Waals surface area contributed by atoms with Crippen molar-refractivity contribution >= 4 is 5.91 Å². The summed E-state index contributed by atoms with van der Waals surface area (Å²) < 4.78 is 5.41. The molecule has 1 amide bonds. The van der Waals surface area contributed by atoms with Crippen LogP contribution in [-0.2, 0) is 6.54 Å². The Morgan fingerprint density at radius 3 is 2.94 bits per heavy atom. The zero-order chi connectivity index (χ0) is 12.1. The molecule has 0 aliphatic rings.